The van der Waals surface area contributed by atoms with E-state index in [1.807, 2.05) is 0 Å². The molecule has 0 bridgehead atoms. The first-order valence-electron chi connectivity index (χ1n) is 6.45. The smallest absolute Gasteiger partial charge is 0.323 e. The number of carboxylic acids is 1. The van der Waals surface area contributed by atoms with Gasteiger partial charge in [0, 0.05) is 18.6 Å². The van der Waals surface area contributed by atoms with Gasteiger partial charge in [-0.05, 0) is 18.1 Å². The summed E-state index contributed by atoms with van der Waals surface area (Å²) in [6.07, 6.45) is 4.33. The summed E-state index contributed by atoms with van der Waals surface area (Å²) in [6, 6.07) is -0.369. The van der Waals surface area contributed by atoms with Crippen LogP contribution in [-0.4, -0.2) is 49.4 Å². The van der Waals surface area contributed by atoms with Gasteiger partial charge in [-0.1, -0.05) is 28.8 Å². The van der Waals surface area contributed by atoms with E-state index in [1.54, 1.807) is 7.05 Å². The van der Waals surface area contributed by atoms with E-state index in [4.69, 9.17) is 5.11 Å². The van der Waals surface area contributed by atoms with E-state index in [-0.39, 0.29) is 12.5 Å². The highest BCUT2D eigenvalue weighted by Crippen LogP contribution is 2.36. The minimum Gasteiger partial charge on any atom is -0.481 e. The monoisotopic (exact) mass is 299 g/mol. The van der Waals surface area contributed by atoms with Crippen molar-refractivity contribution < 1.29 is 14.7 Å². The van der Waals surface area contributed by atoms with Gasteiger partial charge >= 0.3 is 12.0 Å². The van der Waals surface area contributed by atoms with Gasteiger partial charge in [0.05, 0.1) is 12.0 Å². The number of nitrogens with zero attached hydrogens (tertiary/aromatic N) is 4. The van der Waals surface area contributed by atoms with Crippen molar-refractivity contribution in [2.45, 2.75) is 44.1 Å². The number of hydrogen-bond acceptors (Lipinski definition) is 6. The Labute approximate surface area is 120 Å². The number of amides is 2. The van der Waals surface area contributed by atoms with Crippen LogP contribution in [0.25, 0.3) is 0 Å². The van der Waals surface area contributed by atoms with Gasteiger partial charge in [-0.3, -0.25) is 10.1 Å². The zero-order valence-corrected chi connectivity index (χ0v) is 12.0. The molecule has 0 radical (unpaired) electrons. The molecule has 0 saturated heterocycles. The maximum Gasteiger partial charge on any atom is 0.323 e. The molecule has 1 aromatic heterocycles. The third kappa shape index (κ3) is 3.21. The Balaban J connectivity index is 2.10. The third-order valence-corrected chi connectivity index (χ3v) is 4.31. The number of carboxylic acid groups (broad SMARTS) is 1. The van der Waals surface area contributed by atoms with E-state index in [0.717, 1.165) is 30.8 Å². The van der Waals surface area contributed by atoms with Gasteiger partial charge in [-0.2, -0.15) is 0 Å². The van der Waals surface area contributed by atoms with Crippen molar-refractivity contribution in [2.75, 3.05) is 12.4 Å². The molecule has 2 amide bonds. The van der Waals surface area contributed by atoms with Gasteiger partial charge in [0.15, 0.2) is 0 Å². The van der Waals surface area contributed by atoms with Gasteiger partial charge in [-0.25, -0.2) is 4.79 Å². The van der Waals surface area contributed by atoms with Crippen molar-refractivity contribution >= 4 is 28.7 Å². The molecule has 0 atom stereocenters. The van der Waals surface area contributed by atoms with Crippen LogP contribution in [0.5, 0.6) is 0 Å². The largest absolute Gasteiger partial charge is 0.481 e. The van der Waals surface area contributed by atoms with Gasteiger partial charge in [0.2, 0.25) is 5.13 Å². The van der Waals surface area contributed by atoms with Crippen molar-refractivity contribution in [3.63, 3.8) is 0 Å². The molecule has 1 aliphatic carbocycles. The van der Waals surface area contributed by atoms with Crippen LogP contribution in [0.2, 0.25) is 0 Å². The lowest BCUT2D eigenvalue weighted by Gasteiger charge is -2.43. The van der Waals surface area contributed by atoms with E-state index in [2.05, 4.69) is 20.1 Å². The predicted octanol–water partition coefficient (Wildman–Crippen LogP) is 1.57. The number of carbonyl (C=O) groups excluding carboxylic acids is 1. The highest BCUT2D eigenvalue weighted by molar-refractivity contribution is 7.09. The normalized spacial score (nSPS) is 17.4. The number of urea groups is 1. The Bertz CT molecular complexity index is 472. The van der Waals surface area contributed by atoms with Crippen molar-refractivity contribution in [3.05, 3.63) is 0 Å². The van der Waals surface area contributed by atoms with Gasteiger partial charge < -0.3 is 10.0 Å². The van der Waals surface area contributed by atoms with Crippen LogP contribution >= 0.6 is 11.5 Å². The molecule has 1 aliphatic rings. The van der Waals surface area contributed by atoms with Gasteiger partial charge in [-0.15, -0.1) is 0 Å². The maximum absolute atomic E-state index is 12.2. The quantitative estimate of drug-likeness (QED) is 0.873. The summed E-state index contributed by atoms with van der Waals surface area (Å²) in [5, 5.41) is 19.1. The van der Waals surface area contributed by atoms with E-state index in [9.17, 15) is 9.59 Å². The summed E-state index contributed by atoms with van der Waals surface area (Å²) in [5.74, 6) is -0.885. The standard InChI is InChI=1S/C11H17N5O3S/c1-16(10(19)12-9-13-14-15-20-9)11(7-8(17)18)5-3-2-4-6-11/h2-7H2,1H3,(H,17,18)(H,12,13,15,19). The third-order valence-electron chi connectivity index (χ3n) is 3.79. The second-order valence-corrected chi connectivity index (χ2v) is 5.74. The molecule has 8 nitrogen and oxygen atoms in total. The van der Waals surface area contributed by atoms with E-state index in [1.165, 1.54) is 4.90 Å². The molecule has 0 unspecified atom stereocenters. The predicted molar refractivity (Wildman–Crippen MR) is 72.6 cm³/mol. The molecule has 2 rings (SSSR count). The van der Waals surface area contributed by atoms with Crippen LogP contribution in [0, 0.1) is 0 Å². The van der Waals surface area contributed by atoms with Crippen molar-refractivity contribution in [1.82, 2.24) is 19.7 Å². The summed E-state index contributed by atoms with van der Waals surface area (Å²) >= 11 is 0.981. The molecule has 0 aliphatic heterocycles. The molecule has 1 saturated carbocycles. The zero-order chi connectivity index (χ0) is 14.6. The first kappa shape index (κ1) is 14.6. The molecular formula is C11H17N5O3S. The number of hydrogen-bond donors (Lipinski definition) is 2. The molecule has 110 valence electrons. The summed E-state index contributed by atoms with van der Waals surface area (Å²) in [6.45, 7) is 0. The number of aromatic nitrogens is 3. The summed E-state index contributed by atoms with van der Waals surface area (Å²) in [4.78, 5) is 24.9. The molecule has 0 spiro atoms. The Hall–Kier alpha value is -1.77. The van der Waals surface area contributed by atoms with Crippen LogP contribution in [-0.2, 0) is 4.79 Å². The van der Waals surface area contributed by atoms with Crippen molar-refractivity contribution in [1.29, 1.82) is 0 Å². The van der Waals surface area contributed by atoms with Crippen LogP contribution in [0.15, 0.2) is 0 Å². The Morgan fingerprint density at radius 2 is 2.10 bits per heavy atom. The Kier molecular flexibility index (Phi) is 4.48. The van der Waals surface area contributed by atoms with Crippen LogP contribution in [0.1, 0.15) is 38.5 Å². The highest BCUT2D eigenvalue weighted by Gasteiger charge is 2.40. The molecule has 9 heteroatoms. The molecule has 1 heterocycles. The zero-order valence-electron chi connectivity index (χ0n) is 11.2. The lowest BCUT2D eigenvalue weighted by atomic mass is 9.78. The van der Waals surface area contributed by atoms with Gasteiger partial charge in [0.1, 0.15) is 0 Å². The van der Waals surface area contributed by atoms with E-state index < -0.39 is 11.5 Å². The fourth-order valence-corrected chi connectivity index (χ4v) is 3.05. The molecular weight excluding hydrogens is 282 g/mol. The summed E-state index contributed by atoms with van der Waals surface area (Å²) in [5.41, 5.74) is -0.619. The first-order chi connectivity index (χ1) is 9.53. The molecule has 2 N–H and O–H groups in total. The van der Waals surface area contributed by atoms with Crippen LogP contribution < -0.4 is 5.32 Å². The summed E-state index contributed by atoms with van der Waals surface area (Å²) < 4.78 is 3.57. The number of aliphatic carboxylic acids is 1. The minimum atomic E-state index is -0.885. The van der Waals surface area contributed by atoms with E-state index >= 15 is 0 Å². The summed E-state index contributed by atoms with van der Waals surface area (Å²) in [7, 11) is 1.64. The molecule has 0 aromatic carbocycles. The lowest BCUT2D eigenvalue weighted by Crippen LogP contribution is -2.53. The molecule has 1 fully saturated rings. The fourth-order valence-electron chi connectivity index (χ4n) is 2.69. The first-order valence-corrected chi connectivity index (χ1v) is 7.22. The van der Waals surface area contributed by atoms with Crippen molar-refractivity contribution in [3.8, 4) is 0 Å². The number of nitrogens with one attached hydrogen (secondary N) is 1. The second-order valence-electron chi connectivity index (χ2n) is 5.01. The SMILES string of the molecule is CN(C(=O)Nc1nnns1)C1(CC(=O)O)CCCCC1. The van der Waals surface area contributed by atoms with Crippen molar-refractivity contribution in [2.24, 2.45) is 0 Å². The topological polar surface area (TPSA) is 108 Å². The van der Waals surface area contributed by atoms with Crippen LogP contribution in [0.3, 0.4) is 0 Å². The molecule has 1 aromatic rings. The fraction of sp³-hybridized carbons (Fsp3) is 0.727. The molecule has 20 heavy (non-hydrogen) atoms. The van der Waals surface area contributed by atoms with E-state index in [0.29, 0.717) is 18.0 Å². The van der Waals surface area contributed by atoms with Gasteiger partial charge in [0.25, 0.3) is 0 Å². The average Bonchev–Trinajstić information content (AvgIpc) is 2.91. The van der Waals surface area contributed by atoms with Crippen LogP contribution in [0.4, 0.5) is 9.93 Å². The Morgan fingerprint density at radius 3 is 2.65 bits per heavy atom. The second kappa shape index (κ2) is 6.12. The number of rotatable bonds is 4. The number of carbonyl (C=O) groups is 2. The number of anilines is 1. The highest BCUT2D eigenvalue weighted by atomic mass is 32.1. The Morgan fingerprint density at radius 1 is 1.40 bits per heavy atom. The maximum atomic E-state index is 12.2. The minimum absolute atomic E-state index is 0.0364. The average molecular weight is 299 g/mol. The lowest BCUT2D eigenvalue weighted by molar-refractivity contribution is -0.140.